The smallest absolute Gasteiger partial charge is 0.338 e. The molecule has 0 fully saturated rings. The summed E-state index contributed by atoms with van der Waals surface area (Å²) in [6.45, 7) is 1.97. The lowest BCUT2D eigenvalue weighted by Gasteiger charge is -2.29. The molecule has 30 heavy (non-hydrogen) atoms. The number of halogens is 1. The van der Waals surface area contributed by atoms with Crippen LogP contribution in [0.5, 0.6) is 0 Å². The van der Waals surface area contributed by atoms with Crippen molar-refractivity contribution in [3.8, 4) is 0 Å². The van der Waals surface area contributed by atoms with Crippen molar-refractivity contribution in [1.82, 2.24) is 20.6 Å². The summed E-state index contributed by atoms with van der Waals surface area (Å²) in [5, 5.41) is 9.83. The summed E-state index contributed by atoms with van der Waals surface area (Å²) < 4.78 is 5.28. The van der Waals surface area contributed by atoms with E-state index in [1.165, 1.54) is 29.4 Å². The highest BCUT2D eigenvalue weighted by molar-refractivity contribution is 7.99. The second kappa shape index (κ2) is 9.03. The van der Waals surface area contributed by atoms with Crippen LogP contribution in [-0.2, 0) is 9.53 Å². The molecule has 0 saturated carbocycles. The third-order valence-corrected chi connectivity index (χ3v) is 6.54. The molecule has 10 heteroatoms. The minimum absolute atomic E-state index is 0.228. The highest BCUT2D eigenvalue weighted by atomic mass is 35.5. The van der Waals surface area contributed by atoms with Gasteiger partial charge in [-0.15, -0.1) is 11.3 Å². The first-order valence-corrected chi connectivity index (χ1v) is 11.3. The number of ether oxygens (including phenoxy) is 1. The second-order valence-electron chi connectivity index (χ2n) is 6.30. The fourth-order valence-electron chi connectivity index (χ4n) is 3.11. The van der Waals surface area contributed by atoms with Gasteiger partial charge < -0.3 is 15.4 Å². The van der Waals surface area contributed by atoms with E-state index in [0.717, 1.165) is 20.8 Å². The van der Waals surface area contributed by atoms with Crippen LogP contribution in [0.1, 0.15) is 18.5 Å². The summed E-state index contributed by atoms with van der Waals surface area (Å²) in [5.41, 5.74) is 1.59. The molecular weight excluding hydrogens is 444 g/mol. The van der Waals surface area contributed by atoms with Crippen molar-refractivity contribution in [2.75, 3.05) is 12.4 Å². The number of thiophene rings is 1. The topological polar surface area (TPSA) is 93.2 Å². The number of nitrogens with one attached hydrogen (secondary N) is 2. The van der Waals surface area contributed by atoms with E-state index in [0.29, 0.717) is 22.0 Å². The number of amides is 2. The van der Waals surface area contributed by atoms with E-state index in [9.17, 15) is 9.59 Å². The van der Waals surface area contributed by atoms with Gasteiger partial charge in [0.15, 0.2) is 0 Å². The number of hydrogen-bond acceptors (Lipinski definition) is 7. The van der Waals surface area contributed by atoms with Crippen LogP contribution in [0.2, 0.25) is 5.02 Å². The van der Waals surface area contributed by atoms with E-state index < -0.39 is 12.0 Å². The van der Waals surface area contributed by atoms with Gasteiger partial charge in [-0.3, -0.25) is 0 Å². The number of aromatic nitrogens is 2. The molecule has 1 aliphatic rings. The van der Waals surface area contributed by atoms with Crippen molar-refractivity contribution in [3.05, 3.63) is 63.9 Å². The molecule has 3 heterocycles. The van der Waals surface area contributed by atoms with Crippen LogP contribution < -0.4 is 10.6 Å². The molecule has 1 aromatic carbocycles. The van der Waals surface area contributed by atoms with Crippen LogP contribution in [-0.4, -0.2) is 34.3 Å². The first-order chi connectivity index (χ1) is 14.6. The monoisotopic (exact) mass is 460 g/mol. The molecule has 154 valence electrons. The Bertz CT molecular complexity index is 1130. The lowest BCUT2D eigenvalue weighted by atomic mass is 9.95. The molecule has 1 aliphatic heterocycles. The van der Waals surface area contributed by atoms with Crippen molar-refractivity contribution < 1.29 is 14.3 Å². The number of carbonyl (C=O) groups is 2. The molecule has 0 saturated heterocycles. The molecule has 7 nitrogen and oxygen atoms in total. The minimum Gasteiger partial charge on any atom is -0.463 e. The predicted octanol–water partition coefficient (Wildman–Crippen LogP) is 4.31. The zero-order valence-corrected chi connectivity index (χ0v) is 18.2. The SMILES string of the molecule is CCOC(=O)C1=C(CSc2ncnc3sccc23)NC(=O)NC1c1ccc(Cl)cc1. The van der Waals surface area contributed by atoms with E-state index in [-0.39, 0.29) is 12.6 Å². The molecule has 3 aromatic rings. The summed E-state index contributed by atoms with van der Waals surface area (Å²) in [5.74, 6) is -0.142. The highest BCUT2D eigenvalue weighted by Gasteiger charge is 2.33. The van der Waals surface area contributed by atoms with Crippen LogP contribution in [0.25, 0.3) is 10.2 Å². The number of carbonyl (C=O) groups excluding carboxylic acids is 2. The Morgan fingerprint density at radius 3 is 2.83 bits per heavy atom. The van der Waals surface area contributed by atoms with Crippen LogP contribution in [0.15, 0.2) is 58.3 Å². The van der Waals surface area contributed by atoms with Gasteiger partial charge in [0.1, 0.15) is 16.2 Å². The average Bonchev–Trinajstić information content (AvgIpc) is 3.22. The quantitative estimate of drug-likeness (QED) is 0.323. The van der Waals surface area contributed by atoms with E-state index in [1.807, 2.05) is 11.4 Å². The molecule has 0 spiro atoms. The van der Waals surface area contributed by atoms with Crippen LogP contribution in [0, 0.1) is 0 Å². The third kappa shape index (κ3) is 4.28. The van der Waals surface area contributed by atoms with Gasteiger partial charge in [-0.1, -0.05) is 35.5 Å². The largest absolute Gasteiger partial charge is 0.463 e. The summed E-state index contributed by atoms with van der Waals surface area (Å²) in [6, 6.07) is 7.93. The van der Waals surface area contributed by atoms with Gasteiger partial charge in [-0.25, -0.2) is 19.6 Å². The molecule has 0 bridgehead atoms. The first-order valence-electron chi connectivity index (χ1n) is 9.11. The van der Waals surface area contributed by atoms with Gasteiger partial charge in [0.2, 0.25) is 0 Å². The van der Waals surface area contributed by atoms with Crippen molar-refractivity contribution in [3.63, 3.8) is 0 Å². The summed E-state index contributed by atoms with van der Waals surface area (Å²) in [4.78, 5) is 34.7. The van der Waals surface area contributed by atoms with Crippen LogP contribution in [0.4, 0.5) is 4.79 Å². The highest BCUT2D eigenvalue weighted by Crippen LogP contribution is 2.33. The predicted molar refractivity (Wildman–Crippen MR) is 118 cm³/mol. The molecule has 0 aliphatic carbocycles. The van der Waals surface area contributed by atoms with Gasteiger partial charge >= 0.3 is 12.0 Å². The second-order valence-corrected chi connectivity index (χ2v) is 8.60. The Labute approximate surface area is 185 Å². The molecule has 2 N–H and O–H groups in total. The first kappa shape index (κ1) is 20.6. The van der Waals surface area contributed by atoms with Gasteiger partial charge in [0, 0.05) is 21.9 Å². The van der Waals surface area contributed by atoms with Gasteiger partial charge in [0.05, 0.1) is 18.2 Å². The van der Waals surface area contributed by atoms with E-state index in [2.05, 4.69) is 20.6 Å². The number of urea groups is 1. The Balaban J connectivity index is 1.70. The fraction of sp³-hybridized carbons (Fsp3) is 0.200. The number of nitrogens with zero attached hydrogens (tertiary/aromatic N) is 2. The van der Waals surface area contributed by atoms with Crippen molar-refractivity contribution >= 4 is 56.9 Å². The van der Waals surface area contributed by atoms with E-state index in [4.69, 9.17) is 16.3 Å². The number of hydrogen-bond donors (Lipinski definition) is 2. The van der Waals surface area contributed by atoms with E-state index >= 15 is 0 Å². The maximum Gasteiger partial charge on any atom is 0.338 e. The molecule has 1 unspecified atom stereocenters. The lowest BCUT2D eigenvalue weighted by Crippen LogP contribution is -2.46. The van der Waals surface area contributed by atoms with E-state index in [1.54, 1.807) is 31.2 Å². The van der Waals surface area contributed by atoms with Crippen molar-refractivity contribution in [1.29, 1.82) is 0 Å². The number of thioether (sulfide) groups is 1. The third-order valence-electron chi connectivity index (χ3n) is 4.43. The van der Waals surface area contributed by atoms with Crippen LogP contribution >= 0.6 is 34.7 Å². The Morgan fingerprint density at radius 2 is 2.07 bits per heavy atom. The number of benzene rings is 1. The minimum atomic E-state index is -0.641. The average molecular weight is 461 g/mol. The van der Waals surface area contributed by atoms with Crippen molar-refractivity contribution in [2.45, 2.75) is 18.0 Å². The Kier molecular flexibility index (Phi) is 6.21. The molecule has 1 atom stereocenters. The summed E-state index contributed by atoms with van der Waals surface area (Å²) in [6.07, 6.45) is 1.51. The maximum absolute atomic E-state index is 12.8. The van der Waals surface area contributed by atoms with Crippen LogP contribution in [0.3, 0.4) is 0 Å². The fourth-order valence-corrected chi connectivity index (χ4v) is 4.98. The van der Waals surface area contributed by atoms with Gasteiger partial charge in [-0.05, 0) is 36.1 Å². The maximum atomic E-state index is 12.8. The molecule has 2 amide bonds. The number of esters is 1. The molecule has 2 aromatic heterocycles. The van der Waals surface area contributed by atoms with Crippen molar-refractivity contribution in [2.24, 2.45) is 0 Å². The van der Waals surface area contributed by atoms with Gasteiger partial charge in [-0.2, -0.15) is 0 Å². The number of fused-ring (bicyclic) bond motifs is 1. The normalized spacial score (nSPS) is 16.3. The molecule has 0 radical (unpaired) electrons. The summed E-state index contributed by atoms with van der Waals surface area (Å²) in [7, 11) is 0. The Morgan fingerprint density at radius 1 is 1.27 bits per heavy atom. The molecular formula is C20H17ClN4O3S2. The zero-order valence-electron chi connectivity index (χ0n) is 15.8. The molecule has 4 rings (SSSR count). The van der Waals surface area contributed by atoms with Gasteiger partial charge in [0.25, 0.3) is 0 Å². The summed E-state index contributed by atoms with van der Waals surface area (Å²) >= 11 is 8.96. The lowest BCUT2D eigenvalue weighted by molar-refractivity contribution is -0.139. The number of rotatable bonds is 6. The standard InChI is InChI=1S/C20H17ClN4O3S2/c1-2-28-19(26)15-14(9-30-18-13-7-8-29-17(13)22-10-23-18)24-20(27)25-16(15)11-3-5-12(21)6-4-11/h3-8,10,16H,2,9H2,1H3,(H2,24,25,27). The Hall–Kier alpha value is -2.62. The zero-order chi connectivity index (χ0) is 21.1.